The van der Waals surface area contributed by atoms with Gasteiger partial charge in [-0.1, -0.05) is 0 Å². The van der Waals surface area contributed by atoms with Gasteiger partial charge in [-0.2, -0.15) is 5.10 Å². The predicted octanol–water partition coefficient (Wildman–Crippen LogP) is 0.912. The third-order valence-corrected chi connectivity index (χ3v) is 3.65. The molecule has 1 aromatic rings. The summed E-state index contributed by atoms with van der Waals surface area (Å²) in [6, 6.07) is 2.04. The monoisotopic (exact) mass is 279 g/mol. The van der Waals surface area contributed by atoms with Gasteiger partial charge in [0, 0.05) is 31.7 Å². The highest BCUT2D eigenvalue weighted by Crippen LogP contribution is 2.19. The molecule has 1 aliphatic heterocycles. The molecule has 0 aliphatic carbocycles. The van der Waals surface area contributed by atoms with Gasteiger partial charge in [0.05, 0.1) is 18.7 Å². The third-order valence-electron chi connectivity index (χ3n) is 3.65. The van der Waals surface area contributed by atoms with Crippen LogP contribution in [0.5, 0.6) is 0 Å². The van der Waals surface area contributed by atoms with Crippen LogP contribution in [0.1, 0.15) is 24.2 Å². The molecular formula is C14H21N3O3. The fourth-order valence-corrected chi connectivity index (χ4v) is 2.63. The van der Waals surface area contributed by atoms with Crippen LogP contribution in [0.25, 0.3) is 0 Å². The van der Waals surface area contributed by atoms with Crippen LogP contribution in [-0.2, 0) is 20.9 Å². The lowest BCUT2D eigenvalue weighted by Gasteiger charge is -2.16. The molecular weight excluding hydrogens is 258 g/mol. The van der Waals surface area contributed by atoms with Crippen LogP contribution in [0, 0.1) is 19.8 Å². The van der Waals surface area contributed by atoms with E-state index in [0.29, 0.717) is 13.1 Å². The van der Waals surface area contributed by atoms with E-state index in [2.05, 4.69) is 5.10 Å². The molecule has 6 nitrogen and oxygen atoms in total. The maximum Gasteiger partial charge on any atom is 0.310 e. The minimum Gasteiger partial charge on any atom is -0.469 e. The summed E-state index contributed by atoms with van der Waals surface area (Å²) >= 11 is 0. The van der Waals surface area contributed by atoms with Crippen LogP contribution < -0.4 is 0 Å². The van der Waals surface area contributed by atoms with Crippen LogP contribution in [0.15, 0.2) is 6.07 Å². The highest BCUT2D eigenvalue weighted by Gasteiger charge is 2.34. The largest absolute Gasteiger partial charge is 0.469 e. The maximum atomic E-state index is 11.8. The standard InChI is InChI=1S/C14H21N3O3/c1-10-7-11(2)17(15-10)6-4-5-16-9-12(8-13(16)18)14(19)20-3/h7,12H,4-6,8-9H2,1-3H3. The molecule has 0 saturated carbocycles. The summed E-state index contributed by atoms with van der Waals surface area (Å²) in [5.41, 5.74) is 2.13. The molecule has 0 spiro atoms. The van der Waals surface area contributed by atoms with Gasteiger partial charge in [0.2, 0.25) is 5.91 Å². The molecule has 2 rings (SSSR count). The van der Waals surface area contributed by atoms with Gasteiger partial charge >= 0.3 is 5.97 Å². The van der Waals surface area contributed by atoms with E-state index in [-0.39, 0.29) is 24.2 Å². The van der Waals surface area contributed by atoms with Gasteiger partial charge in [-0.3, -0.25) is 14.3 Å². The van der Waals surface area contributed by atoms with Gasteiger partial charge in [0.15, 0.2) is 0 Å². The number of amides is 1. The smallest absolute Gasteiger partial charge is 0.310 e. The van der Waals surface area contributed by atoms with Crippen molar-refractivity contribution in [2.24, 2.45) is 5.92 Å². The average molecular weight is 279 g/mol. The number of carbonyl (C=O) groups is 2. The lowest BCUT2D eigenvalue weighted by atomic mass is 10.1. The van der Waals surface area contributed by atoms with Crippen molar-refractivity contribution in [3.63, 3.8) is 0 Å². The summed E-state index contributed by atoms with van der Waals surface area (Å²) in [6.07, 6.45) is 1.11. The zero-order valence-corrected chi connectivity index (χ0v) is 12.3. The summed E-state index contributed by atoms with van der Waals surface area (Å²) in [4.78, 5) is 25.0. The van der Waals surface area contributed by atoms with Gasteiger partial charge in [0.25, 0.3) is 0 Å². The topological polar surface area (TPSA) is 64.4 Å². The molecule has 1 unspecified atom stereocenters. The molecule has 0 bridgehead atoms. The number of methoxy groups -OCH3 is 1. The Morgan fingerprint density at radius 2 is 2.20 bits per heavy atom. The van der Waals surface area contributed by atoms with E-state index in [1.807, 2.05) is 24.6 Å². The summed E-state index contributed by atoms with van der Waals surface area (Å²) < 4.78 is 6.64. The molecule has 1 aromatic heterocycles. The first-order chi connectivity index (χ1) is 9.51. The van der Waals surface area contributed by atoms with Crippen LogP contribution >= 0.6 is 0 Å². The van der Waals surface area contributed by atoms with Crippen molar-refractivity contribution in [3.8, 4) is 0 Å². The van der Waals surface area contributed by atoms with Crippen LogP contribution in [0.4, 0.5) is 0 Å². The van der Waals surface area contributed by atoms with Crippen LogP contribution in [0.3, 0.4) is 0 Å². The van der Waals surface area contributed by atoms with Crippen molar-refractivity contribution in [3.05, 3.63) is 17.5 Å². The number of carbonyl (C=O) groups excluding carboxylic acids is 2. The van der Waals surface area contributed by atoms with Crippen LogP contribution in [0.2, 0.25) is 0 Å². The highest BCUT2D eigenvalue weighted by molar-refractivity contribution is 5.86. The summed E-state index contributed by atoms with van der Waals surface area (Å²) in [6.45, 7) is 5.91. The van der Waals surface area contributed by atoms with Crippen molar-refractivity contribution in [2.45, 2.75) is 33.2 Å². The fraction of sp³-hybridized carbons (Fsp3) is 0.643. The third kappa shape index (κ3) is 3.18. The number of aryl methyl sites for hydroxylation is 3. The first-order valence-corrected chi connectivity index (χ1v) is 6.88. The SMILES string of the molecule is COC(=O)C1CC(=O)N(CCCn2nc(C)cc2C)C1. The van der Waals surface area contributed by atoms with E-state index in [1.54, 1.807) is 4.90 Å². The minimum absolute atomic E-state index is 0.0359. The van der Waals surface area contributed by atoms with Crippen molar-refractivity contribution in [2.75, 3.05) is 20.2 Å². The highest BCUT2D eigenvalue weighted by atomic mass is 16.5. The molecule has 1 amide bonds. The second-order valence-corrected chi connectivity index (χ2v) is 5.27. The summed E-state index contributed by atoms with van der Waals surface area (Å²) in [7, 11) is 1.36. The van der Waals surface area contributed by atoms with Crippen molar-refractivity contribution in [1.29, 1.82) is 0 Å². The maximum absolute atomic E-state index is 11.8. The quantitative estimate of drug-likeness (QED) is 0.752. The number of ether oxygens (including phenoxy) is 1. The van der Waals surface area contributed by atoms with E-state index >= 15 is 0 Å². The Bertz CT molecular complexity index is 510. The minimum atomic E-state index is -0.304. The number of nitrogens with zero attached hydrogens (tertiary/aromatic N) is 3. The number of likely N-dealkylation sites (tertiary alicyclic amines) is 1. The Labute approximate surface area is 118 Å². The first-order valence-electron chi connectivity index (χ1n) is 6.88. The lowest BCUT2D eigenvalue weighted by Crippen LogP contribution is -2.28. The van der Waals surface area contributed by atoms with Crippen molar-refractivity contribution in [1.82, 2.24) is 14.7 Å². The Hall–Kier alpha value is -1.85. The van der Waals surface area contributed by atoms with Crippen molar-refractivity contribution < 1.29 is 14.3 Å². The molecule has 1 aliphatic rings. The molecule has 6 heteroatoms. The summed E-state index contributed by atoms with van der Waals surface area (Å²) in [5.74, 6) is -0.561. The number of esters is 1. The van der Waals surface area contributed by atoms with E-state index < -0.39 is 0 Å². The first kappa shape index (κ1) is 14.6. The van der Waals surface area contributed by atoms with Gasteiger partial charge in [-0.25, -0.2) is 0 Å². The van der Waals surface area contributed by atoms with Crippen LogP contribution in [-0.4, -0.2) is 46.8 Å². The van der Waals surface area contributed by atoms with E-state index in [0.717, 1.165) is 24.4 Å². The molecule has 0 aromatic carbocycles. The molecule has 1 saturated heterocycles. The van der Waals surface area contributed by atoms with Gasteiger partial charge < -0.3 is 9.64 Å². The fourth-order valence-electron chi connectivity index (χ4n) is 2.63. The molecule has 2 heterocycles. The predicted molar refractivity (Wildman–Crippen MR) is 73.0 cm³/mol. The Kier molecular flexibility index (Phi) is 4.42. The molecule has 20 heavy (non-hydrogen) atoms. The Morgan fingerprint density at radius 3 is 2.80 bits per heavy atom. The van der Waals surface area contributed by atoms with E-state index in [4.69, 9.17) is 4.74 Å². The number of hydrogen-bond acceptors (Lipinski definition) is 4. The zero-order valence-electron chi connectivity index (χ0n) is 12.3. The van der Waals surface area contributed by atoms with E-state index in [9.17, 15) is 9.59 Å². The molecule has 0 N–H and O–H groups in total. The number of aromatic nitrogens is 2. The van der Waals surface area contributed by atoms with E-state index in [1.165, 1.54) is 7.11 Å². The molecule has 1 atom stereocenters. The number of hydrogen-bond donors (Lipinski definition) is 0. The van der Waals surface area contributed by atoms with Crippen molar-refractivity contribution >= 4 is 11.9 Å². The number of rotatable bonds is 5. The normalized spacial score (nSPS) is 18.6. The lowest BCUT2D eigenvalue weighted by molar-refractivity contribution is -0.145. The van der Waals surface area contributed by atoms with Gasteiger partial charge in [-0.05, 0) is 26.3 Å². The second kappa shape index (κ2) is 6.07. The Morgan fingerprint density at radius 1 is 1.45 bits per heavy atom. The zero-order chi connectivity index (χ0) is 14.7. The average Bonchev–Trinajstić information content (AvgIpc) is 2.92. The molecule has 0 radical (unpaired) electrons. The van der Waals surface area contributed by atoms with Gasteiger partial charge in [0.1, 0.15) is 0 Å². The molecule has 1 fully saturated rings. The second-order valence-electron chi connectivity index (χ2n) is 5.27. The Balaban J connectivity index is 1.81. The molecule has 110 valence electrons. The summed E-state index contributed by atoms with van der Waals surface area (Å²) in [5, 5.41) is 4.39. The van der Waals surface area contributed by atoms with Gasteiger partial charge in [-0.15, -0.1) is 0 Å².